The van der Waals surface area contributed by atoms with Crippen LogP contribution in [0.15, 0.2) is 12.7 Å². The first kappa shape index (κ1) is 49.8. The standard InChI is InChI=1S/C28H51N8O18P3S/c1-17(37)58(51-11-10-36(4,5)6)12-9-30-19(38)7-8-31-26(41)23(40)28(2,3)14-50-57(47,48)54-56(45,46)49-13-18-22(53-55(42,43)44)21(39)27(52-18)35-16-34-20-24(29)32-15-33-25(20)35/h15-16,18,21-23,27,39-40,58H,7-14H2,1-6H3,(H7-,29,30,31,32,33,38,41,42,43,44,45,46,47,48)/p+1/t18-,21-,22-,23?,27-/m1/s1. The zero-order valence-corrected chi connectivity index (χ0v) is 36.0. The summed E-state index contributed by atoms with van der Waals surface area (Å²) in [6, 6.07) is 0. The molecule has 0 bridgehead atoms. The van der Waals surface area contributed by atoms with Gasteiger partial charge in [0.15, 0.2) is 22.8 Å². The number of aromatic nitrogens is 4. The first-order valence-corrected chi connectivity index (χ1v) is 23.2. The van der Waals surface area contributed by atoms with Crippen LogP contribution in [-0.2, 0) is 54.9 Å². The number of hydrogen-bond donors (Lipinski definition) is 10. The average molecular weight is 914 g/mol. The molecule has 2 aromatic rings. The van der Waals surface area contributed by atoms with Crippen LogP contribution in [0.2, 0.25) is 0 Å². The fraction of sp³-hybridized carbons (Fsp3) is 0.714. The highest BCUT2D eigenvalue weighted by atomic mass is 32.2. The third-order valence-electron chi connectivity index (χ3n) is 8.08. The first-order valence-electron chi connectivity index (χ1n) is 17.2. The number of amides is 2. The molecule has 0 aromatic carbocycles. The quantitative estimate of drug-likeness (QED) is 0.0348. The van der Waals surface area contributed by atoms with Gasteiger partial charge in [0.1, 0.15) is 49.4 Å². The molecule has 0 radical (unpaired) electrons. The van der Waals surface area contributed by atoms with E-state index in [1.165, 1.54) is 20.8 Å². The smallest absolute Gasteiger partial charge is 0.386 e. The van der Waals surface area contributed by atoms with E-state index >= 15 is 0 Å². The minimum absolute atomic E-state index is 0.0287. The summed E-state index contributed by atoms with van der Waals surface area (Å²) in [7, 11) is -10.5. The molecular weight excluding hydrogens is 861 g/mol. The molecule has 2 aromatic heterocycles. The Morgan fingerprint density at radius 3 is 2.33 bits per heavy atom. The normalized spacial score (nSPS) is 22.5. The summed E-state index contributed by atoms with van der Waals surface area (Å²) >= 11 is -1.41. The predicted molar refractivity (Wildman–Crippen MR) is 203 cm³/mol. The van der Waals surface area contributed by atoms with E-state index in [-0.39, 0.29) is 41.6 Å². The van der Waals surface area contributed by atoms with Crippen LogP contribution in [0, 0.1) is 5.41 Å². The highest BCUT2D eigenvalue weighted by Crippen LogP contribution is 2.61. The number of phosphoric acid groups is 3. The van der Waals surface area contributed by atoms with Gasteiger partial charge in [-0.15, -0.1) is 0 Å². The number of fused-ring (bicyclic) bond motifs is 1. The van der Waals surface area contributed by atoms with Crippen molar-refractivity contribution in [3.05, 3.63) is 12.7 Å². The molecule has 4 unspecified atom stereocenters. The van der Waals surface area contributed by atoms with E-state index < -0.39 is 95.7 Å². The van der Waals surface area contributed by atoms with Crippen LogP contribution >= 0.6 is 34.6 Å². The zero-order valence-electron chi connectivity index (χ0n) is 32.4. The maximum atomic E-state index is 12.7. The summed E-state index contributed by atoms with van der Waals surface area (Å²) in [5.74, 6) is -1.18. The number of carbonyl (C=O) groups is 3. The number of phosphoric ester groups is 3. The lowest BCUT2D eigenvalue weighted by molar-refractivity contribution is -0.870. The van der Waals surface area contributed by atoms with Crippen LogP contribution < -0.4 is 16.4 Å². The van der Waals surface area contributed by atoms with Gasteiger partial charge in [-0.25, -0.2) is 28.6 Å². The van der Waals surface area contributed by atoms with E-state index in [0.717, 1.165) is 17.2 Å². The fourth-order valence-electron chi connectivity index (χ4n) is 4.97. The van der Waals surface area contributed by atoms with E-state index in [2.05, 4.69) is 34.4 Å². The molecule has 1 aliphatic heterocycles. The largest absolute Gasteiger partial charge is 0.481 e. The van der Waals surface area contributed by atoms with Crippen molar-refractivity contribution < 1.29 is 89.2 Å². The van der Waals surface area contributed by atoms with Gasteiger partial charge < -0.3 is 59.6 Å². The summed E-state index contributed by atoms with van der Waals surface area (Å²) in [6.07, 6.45) is -6.96. The van der Waals surface area contributed by atoms with Gasteiger partial charge in [0.05, 0.1) is 40.7 Å². The molecule has 3 heterocycles. The van der Waals surface area contributed by atoms with Crippen molar-refractivity contribution in [2.24, 2.45) is 5.41 Å². The van der Waals surface area contributed by atoms with E-state index in [1.807, 2.05) is 21.1 Å². The van der Waals surface area contributed by atoms with E-state index in [0.29, 0.717) is 23.4 Å². The van der Waals surface area contributed by atoms with Crippen molar-refractivity contribution in [2.75, 3.05) is 72.1 Å². The molecule has 2 amide bonds. The van der Waals surface area contributed by atoms with Crippen molar-refractivity contribution >= 4 is 68.6 Å². The van der Waals surface area contributed by atoms with E-state index in [9.17, 15) is 57.9 Å². The molecule has 10 N–H and O–H groups in total. The molecule has 30 heteroatoms. The second kappa shape index (κ2) is 20.4. The minimum atomic E-state index is -5.58. The summed E-state index contributed by atoms with van der Waals surface area (Å²) in [5, 5.41) is 26.3. The molecule has 332 valence electrons. The SMILES string of the molecule is CC(=O)[SH](CCNC(=O)CCNC(=O)C(O)C(C)(C)COP(=O)(O)OP(=O)(O)OC[C@H]1O[C@@H](n2cnc3c(N)ncnc32)[C@H](O)[C@@H]1OP(=O)(O)O)OCC[N+](C)(C)C. The first-order chi connectivity index (χ1) is 26.6. The lowest BCUT2D eigenvalue weighted by Gasteiger charge is -2.30. The number of ether oxygens (including phenoxy) is 1. The Morgan fingerprint density at radius 2 is 1.71 bits per heavy atom. The molecule has 0 aliphatic carbocycles. The lowest BCUT2D eigenvalue weighted by Crippen LogP contribution is -2.46. The van der Waals surface area contributed by atoms with Gasteiger partial charge in [0.2, 0.25) is 11.8 Å². The maximum absolute atomic E-state index is 12.7. The monoisotopic (exact) mass is 913 g/mol. The fourth-order valence-corrected chi connectivity index (χ4v) is 9.05. The second-order valence-electron chi connectivity index (χ2n) is 14.5. The Bertz CT molecular complexity index is 1900. The van der Waals surface area contributed by atoms with Crippen molar-refractivity contribution in [2.45, 2.75) is 57.8 Å². The molecule has 3 rings (SSSR count). The van der Waals surface area contributed by atoms with Crippen molar-refractivity contribution in [1.82, 2.24) is 30.2 Å². The Kier molecular flexibility index (Phi) is 17.5. The topological polar surface area (TPSA) is 373 Å². The third-order valence-corrected chi connectivity index (χ3v) is 13.0. The second-order valence-corrected chi connectivity index (χ2v) is 20.9. The van der Waals surface area contributed by atoms with Gasteiger partial charge in [-0.1, -0.05) is 25.0 Å². The number of hydrogen-bond acceptors (Lipinski definition) is 18. The van der Waals surface area contributed by atoms with Gasteiger partial charge in [0.25, 0.3) is 0 Å². The molecule has 8 atom stereocenters. The van der Waals surface area contributed by atoms with Crippen LogP contribution in [0.1, 0.15) is 33.4 Å². The summed E-state index contributed by atoms with van der Waals surface area (Å²) in [5.41, 5.74) is 4.25. The number of thiol groups is 1. The number of nitrogens with two attached hydrogens (primary N) is 1. The van der Waals surface area contributed by atoms with Crippen molar-refractivity contribution in [3.63, 3.8) is 0 Å². The zero-order chi connectivity index (χ0) is 43.9. The predicted octanol–water partition coefficient (Wildman–Crippen LogP) is -1.41. The number of anilines is 1. The number of aliphatic hydroxyl groups is 2. The highest BCUT2D eigenvalue weighted by molar-refractivity contribution is 8.26. The van der Waals surface area contributed by atoms with Crippen LogP contribution in [0.3, 0.4) is 0 Å². The van der Waals surface area contributed by atoms with Crippen LogP contribution in [0.25, 0.3) is 11.2 Å². The molecule has 58 heavy (non-hydrogen) atoms. The van der Waals surface area contributed by atoms with Gasteiger partial charge >= 0.3 is 23.5 Å². The number of nitrogens with zero attached hydrogens (tertiary/aromatic N) is 5. The Balaban J connectivity index is 1.49. The number of nitrogens with one attached hydrogen (secondary N) is 2. The molecule has 1 saturated heterocycles. The number of likely N-dealkylation sites (N-methyl/N-ethyl adjacent to an activating group) is 1. The van der Waals surface area contributed by atoms with Crippen molar-refractivity contribution in [3.8, 4) is 0 Å². The van der Waals surface area contributed by atoms with Crippen LogP contribution in [0.5, 0.6) is 0 Å². The third kappa shape index (κ3) is 15.5. The van der Waals surface area contributed by atoms with E-state index in [1.54, 1.807) is 0 Å². The molecule has 1 fully saturated rings. The number of quaternary nitrogens is 1. The number of carbonyl (C=O) groups excluding carboxylic acids is 3. The molecule has 0 saturated carbocycles. The van der Waals surface area contributed by atoms with Crippen LogP contribution in [-0.4, -0.2) is 161 Å². The number of rotatable bonds is 23. The van der Waals surface area contributed by atoms with Gasteiger partial charge in [-0.2, -0.15) is 4.31 Å². The lowest BCUT2D eigenvalue weighted by atomic mass is 9.87. The maximum Gasteiger partial charge on any atom is 0.481 e. The number of imidazole rings is 1. The van der Waals surface area contributed by atoms with Crippen LogP contribution in [0.4, 0.5) is 5.82 Å². The molecule has 26 nitrogen and oxygen atoms in total. The summed E-state index contributed by atoms with van der Waals surface area (Å²) < 4.78 is 68.6. The van der Waals surface area contributed by atoms with Gasteiger partial charge in [-0.05, 0) is 0 Å². The van der Waals surface area contributed by atoms with Gasteiger partial charge in [0, 0.05) is 37.6 Å². The minimum Gasteiger partial charge on any atom is -0.386 e. The molecule has 0 spiro atoms. The summed E-state index contributed by atoms with van der Waals surface area (Å²) in [6.45, 7) is 2.90. The number of aliphatic hydroxyl groups excluding tert-OH is 2. The summed E-state index contributed by atoms with van der Waals surface area (Å²) in [4.78, 5) is 87.8. The van der Waals surface area contributed by atoms with Gasteiger partial charge in [-0.3, -0.25) is 32.5 Å². The molecule has 1 aliphatic rings. The average Bonchev–Trinajstić information content (AvgIpc) is 3.64. The Morgan fingerprint density at radius 1 is 1.05 bits per heavy atom. The van der Waals surface area contributed by atoms with Crippen molar-refractivity contribution in [1.29, 1.82) is 0 Å². The Labute approximate surface area is 335 Å². The molecular formula is C28H52N8O18P3S+. The highest BCUT2D eigenvalue weighted by Gasteiger charge is 2.50. The number of nitrogen functional groups attached to an aromatic ring is 1. The Hall–Kier alpha value is -2.52. The van der Waals surface area contributed by atoms with E-state index in [4.69, 9.17) is 23.7 Å².